The minimum atomic E-state index is -1.09. The predicted molar refractivity (Wildman–Crippen MR) is 173 cm³/mol. The van der Waals surface area contributed by atoms with Gasteiger partial charge in [-0.2, -0.15) is 0 Å². The average Bonchev–Trinajstić information content (AvgIpc) is 3.82. The van der Waals surface area contributed by atoms with Crippen LogP contribution in [0.4, 0.5) is 0 Å². The molecule has 4 saturated heterocycles. The summed E-state index contributed by atoms with van der Waals surface area (Å²) < 4.78 is 43.0. The van der Waals surface area contributed by atoms with Gasteiger partial charge in [0.2, 0.25) is 0 Å². The van der Waals surface area contributed by atoms with Crippen molar-refractivity contribution in [1.29, 1.82) is 0 Å². The maximum Gasteiger partial charge on any atom is 0.311 e. The maximum absolute atomic E-state index is 13.9. The van der Waals surface area contributed by atoms with Gasteiger partial charge in [-0.1, -0.05) is 27.7 Å². The van der Waals surface area contributed by atoms with E-state index < -0.39 is 96.7 Å². The fourth-order valence-corrected chi connectivity index (χ4v) is 7.98. The number of aliphatic hydroxyl groups is 3. The third-order valence-electron chi connectivity index (χ3n) is 11.5. The summed E-state index contributed by atoms with van der Waals surface area (Å²) in [6, 6.07) is -0.135. The van der Waals surface area contributed by atoms with Crippen LogP contribution < -0.4 is 4.90 Å². The largest absolute Gasteiger partial charge is 0.462 e. The molecule has 1 spiro atoms. The molecule has 13 heteroatoms. The zero-order valence-corrected chi connectivity index (χ0v) is 30.7. The molecule has 0 aliphatic carbocycles. The van der Waals surface area contributed by atoms with Crippen molar-refractivity contribution in [2.24, 2.45) is 29.6 Å². The van der Waals surface area contributed by atoms with Crippen molar-refractivity contribution in [1.82, 2.24) is 0 Å². The third-order valence-corrected chi connectivity index (χ3v) is 11.5. The van der Waals surface area contributed by atoms with E-state index in [-0.39, 0.29) is 36.9 Å². The molecule has 0 aromatic carbocycles. The standard InChI is InChI=1S/C35H61NO12/c1-16-14-35(15-43-35)32(40)19(4)27(37)18(3)22(7)46-33(41)21(6)31(47-26-13-25(42-11)28(38)23(8)45-26)20(5)30(16)48-34-29(39)24(36(9)10)12-17(2)44-34/h16-31,34,37-39H,12-15H2,1-11H3/p+1/t16?,17?,18?,19?,20?,21?,22?,23?,24?,25?,26?,27?,28?,29?,30?,31?,34?,35-/m1/s1. The van der Waals surface area contributed by atoms with Crippen molar-refractivity contribution < 1.29 is 63.0 Å². The number of epoxide rings is 1. The zero-order valence-electron chi connectivity index (χ0n) is 30.7. The number of cyclic esters (lactones) is 1. The van der Waals surface area contributed by atoms with Crippen molar-refractivity contribution in [2.45, 2.75) is 154 Å². The number of ether oxygens (including phenoxy) is 7. The van der Waals surface area contributed by atoms with Gasteiger partial charge in [-0.15, -0.1) is 0 Å². The topological polar surface area (TPSA) is 167 Å². The van der Waals surface area contributed by atoms with Crippen LogP contribution in [0.3, 0.4) is 0 Å². The van der Waals surface area contributed by atoms with Gasteiger partial charge in [0.1, 0.15) is 18.2 Å². The van der Waals surface area contributed by atoms with Crippen molar-refractivity contribution >= 4 is 11.8 Å². The molecule has 4 aliphatic heterocycles. The van der Waals surface area contributed by atoms with Gasteiger partial charge < -0.3 is 53.4 Å². The highest BCUT2D eigenvalue weighted by Crippen LogP contribution is 2.43. The minimum absolute atomic E-state index is 0.135. The van der Waals surface area contributed by atoms with E-state index in [2.05, 4.69) is 0 Å². The molecule has 4 aliphatic rings. The SMILES string of the molecule is COC1CC(OC2C(C)C(=O)OC(C)C(C)C(O)C(C)C(=O)[C@]3(CO3)CC(C)C(OC3OC(C)CC([NH+](C)C)C3O)C2C)OC(C)C1O. The van der Waals surface area contributed by atoms with Crippen LogP contribution in [-0.2, 0) is 42.7 Å². The monoisotopic (exact) mass is 688 g/mol. The van der Waals surface area contributed by atoms with Gasteiger partial charge in [-0.3, -0.25) is 9.59 Å². The van der Waals surface area contributed by atoms with E-state index in [9.17, 15) is 24.9 Å². The number of hydrogen-bond acceptors (Lipinski definition) is 12. The van der Waals surface area contributed by atoms with Crippen molar-refractivity contribution in [3.8, 4) is 0 Å². The molecular weight excluding hydrogens is 626 g/mol. The van der Waals surface area contributed by atoms with Gasteiger partial charge in [-0.25, -0.2) is 0 Å². The third kappa shape index (κ3) is 8.43. The summed E-state index contributed by atoms with van der Waals surface area (Å²) in [5.74, 6) is -3.71. The molecule has 4 fully saturated rings. The number of carbonyl (C=O) groups excluding carboxylic acids is 2. The number of likely N-dealkylation sites (N-methyl/N-ethyl adjacent to an activating group) is 1. The Morgan fingerprint density at radius 1 is 0.792 bits per heavy atom. The quantitative estimate of drug-likeness (QED) is 0.226. The molecule has 0 radical (unpaired) electrons. The van der Waals surface area contributed by atoms with Gasteiger partial charge in [0.25, 0.3) is 0 Å². The highest BCUT2D eigenvalue weighted by atomic mass is 16.7. The van der Waals surface area contributed by atoms with Crippen LogP contribution in [0.5, 0.6) is 0 Å². The van der Waals surface area contributed by atoms with E-state index in [4.69, 9.17) is 33.2 Å². The molecule has 48 heavy (non-hydrogen) atoms. The van der Waals surface area contributed by atoms with Crippen LogP contribution in [0.2, 0.25) is 0 Å². The van der Waals surface area contributed by atoms with Gasteiger partial charge in [0.05, 0.1) is 63.2 Å². The fourth-order valence-electron chi connectivity index (χ4n) is 7.98. The summed E-state index contributed by atoms with van der Waals surface area (Å²) in [4.78, 5) is 28.8. The Labute approximate surface area is 285 Å². The first-order chi connectivity index (χ1) is 22.4. The number of ketones is 1. The van der Waals surface area contributed by atoms with Crippen molar-refractivity contribution in [3.63, 3.8) is 0 Å². The molecule has 17 unspecified atom stereocenters. The number of Topliss-reactive ketones (excluding diaryl/α,β-unsaturated/α-hetero) is 1. The maximum atomic E-state index is 13.9. The number of aliphatic hydroxyl groups excluding tert-OH is 3. The number of quaternary nitrogens is 1. The minimum Gasteiger partial charge on any atom is -0.462 e. The number of rotatable bonds is 6. The van der Waals surface area contributed by atoms with E-state index in [1.54, 1.807) is 34.6 Å². The van der Waals surface area contributed by atoms with Crippen molar-refractivity contribution in [3.05, 3.63) is 0 Å². The van der Waals surface area contributed by atoms with E-state index in [0.29, 0.717) is 12.8 Å². The van der Waals surface area contributed by atoms with Crippen LogP contribution >= 0.6 is 0 Å². The average molecular weight is 689 g/mol. The van der Waals surface area contributed by atoms with Gasteiger partial charge in [0.15, 0.2) is 30.1 Å². The highest BCUT2D eigenvalue weighted by Gasteiger charge is 2.57. The number of esters is 1. The summed E-state index contributed by atoms with van der Waals surface area (Å²) in [5.41, 5.74) is -1.09. The molecule has 0 aromatic rings. The Balaban J connectivity index is 1.75. The molecule has 0 bridgehead atoms. The number of methoxy groups -OCH3 is 1. The van der Waals surface area contributed by atoms with Crippen LogP contribution in [0, 0.1) is 29.6 Å². The van der Waals surface area contributed by atoms with E-state index in [0.717, 1.165) is 4.90 Å². The fraction of sp³-hybridized carbons (Fsp3) is 0.943. The van der Waals surface area contributed by atoms with Gasteiger partial charge in [-0.05, 0) is 40.0 Å². The second-order valence-corrected chi connectivity index (χ2v) is 15.5. The lowest BCUT2D eigenvalue weighted by Crippen LogP contribution is -3.12. The lowest BCUT2D eigenvalue weighted by atomic mass is 9.76. The summed E-state index contributed by atoms with van der Waals surface area (Å²) >= 11 is 0. The highest BCUT2D eigenvalue weighted by molar-refractivity contribution is 5.92. The molecule has 0 saturated carbocycles. The lowest BCUT2D eigenvalue weighted by Gasteiger charge is -2.45. The first-order valence-electron chi connectivity index (χ1n) is 17.8. The summed E-state index contributed by atoms with van der Waals surface area (Å²) in [6.45, 7) is 14.7. The molecule has 278 valence electrons. The molecule has 18 atom stereocenters. The first kappa shape index (κ1) is 39.5. The Kier molecular flexibility index (Phi) is 13.1. The number of hydrogen-bond donors (Lipinski definition) is 4. The molecule has 0 amide bonds. The summed E-state index contributed by atoms with van der Waals surface area (Å²) in [6.07, 6.45) is -7.00. The summed E-state index contributed by atoms with van der Waals surface area (Å²) in [7, 11) is 5.49. The second-order valence-electron chi connectivity index (χ2n) is 15.5. The van der Waals surface area contributed by atoms with Gasteiger partial charge in [0, 0.05) is 37.7 Å². The Bertz CT molecular complexity index is 1090. The van der Waals surface area contributed by atoms with Crippen LogP contribution in [0.1, 0.15) is 74.7 Å². The Hall–Kier alpha value is -1.26. The first-order valence-corrected chi connectivity index (χ1v) is 17.8. The van der Waals surface area contributed by atoms with Crippen molar-refractivity contribution in [2.75, 3.05) is 27.8 Å². The van der Waals surface area contributed by atoms with Crippen LogP contribution in [0.25, 0.3) is 0 Å². The van der Waals surface area contributed by atoms with E-state index >= 15 is 0 Å². The van der Waals surface area contributed by atoms with Crippen LogP contribution in [0.15, 0.2) is 0 Å². The Morgan fingerprint density at radius 3 is 2.02 bits per heavy atom. The second kappa shape index (κ2) is 16.0. The molecule has 4 heterocycles. The van der Waals surface area contributed by atoms with E-state index in [1.807, 2.05) is 34.9 Å². The normalized spacial score (nSPS) is 49.9. The molecule has 13 nitrogen and oxygen atoms in total. The van der Waals surface area contributed by atoms with Crippen LogP contribution in [-0.4, -0.2) is 134 Å². The molecule has 4 N–H and O–H groups in total. The predicted octanol–water partition coefficient (Wildman–Crippen LogP) is 0.491. The molecule has 0 aromatic heterocycles. The number of nitrogens with one attached hydrogen (secondary N) is 1. The lowest BCUT2D eigenvalue weighted by molar-refractivity contribution is -0.893. The molecular formula is C35H62NO12+. The van der Waals surface area contributed by atoms with Gasteiger partial charge >= 0.3 is 5.97 Å². The summed E-state index contributed by atoms with van der Waals surface area (Å²) in [5, 5.41) is 33.3. The smallest absolute Gasteiger partial charge is 0.311 e. The Morgan fingerprint density at radius 2 is 1.44 bits per heavy atom. The number of carbonyl (C=O) groups is 2. The zero-order chi connectivity index (χ0) is 35.8. The van der Waals surface area contributed by atoms with E-state index in [1.165, 1.54) is 7.11 Å². The molecule has 4 rings (SSSR count).